The number of nitriles is 1. The number of carbonyl (C=O) groups is 4. The Morgan fingerprint density at radius 1 is 1.00 bits per heavy atom. The van der Waals surface area contributed by atoms with E-state index in [9.17, 15) is 24.4 Å². The van der Waals surface area contributed by atoms with Crippen LogP contribution in [-0.4, -0.2) is 67.3 Å². The molecular formula is C31H36N6O4. The Labute approximate surface area is 239 Å². The van der Waals surface area contributed by atoms with Crippen molar-refractivity contribution in [2.24, 2.45) is 11.7 Å². The molecule has 1 heterocycles. The first-order valence-electron chi connectivity index (χ1n) is 14.1. The number of piperidine rings is 1. The molecule has 10 heteroatoms. The molecule has 5 N–H and O–H groups in total. The van der Waals surface area contributed by atoms with Gasteiger partial charge in [-0.05, 0) is 91.5 Å². The van der Waals surface area contributed by atoms with Crippen LogP contribution in [0.5, 0.6) is 0 Å². The normalized spacial score (nSPS) is 22.2. The van der Waals surface area contributed by atoms with Crippen LogP contribution in [0.3, 0.4) is 0 Å². The number of hydrogen-bond acceptors (Lipinski definition) is 6. The molecule has 2 aromatic carbocycles. The molecule has 0 aromatic heterocycles. The van der Waals surface area contributed by atoms with Gasteiger partial charge in [-0.2, -0.15) is 5.26 Å². The first-order valence-corrected chi connectivity index (χ1v) is 14.1. The number of fused-ring (bicyclic) bond motifs is 3. The maximum absolute atomic E-state index is 13.6. The highest BCUT2D eigenvalue weighted by molar-refractivity contribution is 5.97. The van der Waals surface area contributed by atoms with Crippen molar-refractivity contribution in [3.63, 3.8) is 0 Å². The molecule has 1 aliphatic heterocycles. The second-order valence-electron chi connectivity index (χ2n) is 11.4. The number of aryl methyl sites for hydroxylation is 2. The summed E-state index contributed by atoms with van der Waals surface area (Å²) in [6.07, 6.45) is 3.03. The molecule has 3 aliphatic rings. The van der Waals surface area contributed by atoms with Gasteiger partial charge in [0.1, 0.15) is 11.5 Å². The van der Waals surface area contributed by atoms with Gasteiger partial charge in [0.2, 0.25) is 11.8 Å². The lowest BCUT2D eigenvalue weighted by Gasteiger charge is -2.36. The molecule has 0 spiro atoms. The molecular weight excluding hydrogens is 520 g/mol. The number of carbonyl (C=O) groups excluding carboxylic acids is 4. The monoisotopic (exact) mass is 556 g/mol. The number of benzene rings is 2. The third-order valence-electron chi connectivity index (χ3n) is 8.95. The summed E-state index contributed by atoms with van der Waals surface area (Å²) in [7, 11) is 3.13. The number of nitrogens with zero attached hydrogens (tertiary/aromatic N) is 2. The molecule has 0 unspecified atom stereocenters. The van der Waals surface area contributed by atoms with Crippen LogP contribution in [0.15, 0.2) is 36.4 Å². The average Bonchev–Trinajstić information content (AvgIpc) is 3.67. The summed E-state index contributed by atoms with van der Waals surface area (Å²) in [6, 6.07) is 12.3. The van der Waals surface area contributed by atoms with Crippen molar-refractivity contribution < 1.29 is 19.2 Å². The quantitative estimate of drug-likeness (QED) is 0.382. The fraction of sp³-hybridized carbons (Fsp3) is 0.452. The number of hydrogen-bond donors (Lipinski definition) is 4. The lowest BCUT2D eigenvalue weighted by atomic mass is 9.68. The molecule has 1 saturated carbocycles. The summed E-state index contributed by atoms with van der Waals surface area (Å²) >= 11 is 0. The maximum atomic E-state index is 13.6. The van der Waals surface area contributed by atoms with E-state index < -0.39 is 11.3 Å². The Hall–Kier alpha value is -4.23. The summed E-state index contributed by atoms with van der Waals surface area (Å²) in [4.78, 5) is 53.4. The van der Waals surface area contributed by atoms with Crippen molar-refractivity contribution in [1.29, 1.82) is 5.26 Å². The van der Waals surface area contributed by atoms with E-state index in [4.69, 9.17) is 5.73 Å². The van der Waals surface area contributed by atoms with E-state index in [1.54, 1.807) is 55.4 Å². The molecule has 10 nitrogen and oxygen atoms in total. The van der Waals surface area contributed by atoms with Crippen molar-refractivity contribution in [2.45, 2.75) is 62.6 Å². The fourth-order valence-corrected chi connectivity index (χ4v) is 6.82. The van der Waals surface area contributed by atoms with Gasteiger partial charge in [0.25, 0.3) is 11.8 Å². The molecule has 2 aliphatic carbocycles. The highest BCUT2D eigenvalue weighted by atomic mass is 16.2. The van der Waals surface area contributed by atoms with Crippen LogP contribution < -0.4 is 21.7 Å². The number of amides is 4. The molecule has 41 heavy (non-hydrogen) atoms. The van der Waals surface area contributed by atoms with Gasteiger partial charge in [0, 0.05) is 37.3 Å². The standard InChI is InChI=1S/C31H36N6O4/c1-17(36-16-27(38)37-23(15-32)12-22-13-26(22)37)14-31(30(33)41)24-8-6-20(28(39)34-2)10-18(24)4-5-19-11-21(29(40)35-3)7-9-25(19)31/h6-11,17,22-23,26,36H,4-5,12-14,16H2,1-3H3,(H2,33,41)(H,34,39)(H,35,40)/t17-,22-,23+,26+/m1/s1. The van der Waals surface area contributed by atoms with Gasteiger partial charge < -0.3 is 26.6 Å². The first kappa shape index (κ1) is 28.3. The minimum atomic E-state index is -1.27. The number of primary amides is 1. The molecule has 4 atom stereocenters. The van der Waals surface area contributed by atoms with Crippen LogP contribution in [0.4, 0.5) is 0 Å². The largest absolute Gasteiger partial charge is 0.369 e. The van der Waals surface area contributed by atoms with E-state index in [1.807, 2.05) is 6.92 Å². The zero-order chi connectivity index (χ0) is 29.5. The number of nitrogens with one attached hydrogen (secondary N) is 3. The topological polar surface area (TPSA) is 157 Å². The van der Waals surface area contributed by atoms with Crippen LogP contribution in [-0.2, 0) is 27.8 Å². The van der Waals surface area contributed by atoms with Crippen LogP contribution in [0.2, 0.25) is 0 Å². The van der Waals surface area contributed by atoms with E-state index in [-0.39, 0.29) is 48.8 Å². The molecule has 5 rings (SSSR count). The lowest BCUT2D eigenvalue weighted by molar-refractivity contribution is -0.131. The van der Waals surface area contributed by atoms with Gasteiger partial charge in [0.15, 0.2) is 0 Å². The molecule has 2 fully saturated rings. The molecule has 1 saturated heterocycles. The molecule has 0 bridgehead atoms. The van der Waals surface area contributed by atoms with Crippen molar-refractivity contribution in [1.82, 2.24) is 20.9 Å². The minimum absolute atomic E-state index is 0.0440. The zero-order valence-electron chi connectivity index (χ0n) is 23.6. The maximum Gasteiger partial charge on any atom is 0.251 e. The van der Waals surface area contributed by atoms with Gasteiger partial charge >= 0.3 is 0 Å². The van der Waals surface area contributed by atoms with Crippen molar-refractivity contribution in [2.75, 3.05) is 20.6 Å². The van der Waals surface area contributed by atoms with Gasteiger partial charge in [-0.15, -0.1) is 0 Å². The summed E-state index contributed by atoms with van der Waals surface area (Å²) in [5.74, 6) is -0.700. The highest BCUT2D eigenvalue weighted by Gasteiger charge is 2.54. The third kappa shape index (κ3) is 4.95. The van der Waals surface area contributed by atoms with Gasteiger partial charge in [-0.25, -0.2) is 0 Å². The Kier molecular flexibility index (Phi) is 7.58. The van der Waals surface area contributed by atoms with Crippen molar-refractivity contribution in [3.8, 4) is 6.07 Å². The van der Waals surface area contributed by atoms with Gasteiger partial charge in [-0.1, -0.05) is 12.1 Å². The third-order valence-corrected chi connectivity index (χ3v) is 8.95. The number of likely N-dealkylation sites (tertiary alicyclic amines) is 1. The lowest BCUT2D eigenvalue weighted by Crippen LogP contribution is -2.49. The Bertz CT molecular complexity index is 1400. The summed E-state index contributed by atoms with van der Waals surface area (Å²) in [6.45, 7) is 1.95. The zero-order valence-corrected chi connectivity index (χ0v) is 23.6. The average molecular weight is 557 g/mol. The number of rotatable bonds is 8. The van der Waals surface area contributed by atoms with Crippen LogP contribution in [0.25, 0.3) is 0 Å². The van der Waals surface area contributed by atoms with E-state index in [2.05, 4.69) is 22.0 Å². The van der Waals surface area contributed by atoms with Crippen LogP contribution in [0.1, 0.15) is 69.2 Å². The molecule has 4 amide bonds. The fourth-order valence-electron chi connectivity index (χ4n) is 6.82. The summed E-state index contributed by atoms with van der Waals surface area (Å²) < 4.78 is 0. The van der Waals surface area contributed by atoms with E-state index in [1.165, 1.54) is 0 Å². The SMILES string of the molecule is CNC(=O)c1ccc2c(c1)CCc1cc(C(=O)NC)ccc1C2(C[C@@H](C)NCC(=O)N1[C@H](C#N)C[C@@H]2C[C@@H]21)C(N)=O. The van der Waals surface area contributed by atoms with E-state index in [0.717, 1.165) is 24.0 Å². The second-order valence-corrected chi connectivity index (χ2v) is 11.4. The van der Waals surface area contributed by atoms with E-state index in [0.29, 0.717) is 41.0 Å². The van der Waals surface area contributed by atoms with E-state index >= 15 is 0 Å². The predicted molar refractivity (Wildman–Crippen MR) is 152 cm³/mol. The highest BCUT2D eigenvalue weighted by Crippen LogP contribution is 2.47. The Morgan fingerprint density at radius 3 is 2.05 bits per heavy atom. The van der Waals surface area contributed by atoms with Crippen LogP contribution >= 0.6 is 0 Å². The van der Waals surface area contributed by atoms with Gasteiger partial charge in [-0.3, -0.25) is 19.2 Å². The summed E-state index contributed by atoms with van der Waals surface area (Å²) in [5, 5.41) is 18.1. The van der Waals surface area contributed by atoms with Gasteiger partial charge in [0.05, 0.1) is 12.6 Å². The minimum Gasteiger partial charge on any atom is -0.369 e. The number of nitrogens with two attached hydrogens (primary N) is 1. The Balaban J connectivity index is 1.51. The molecule has 2 aromatic rings. The smallest absolute Gasteiger partial charge is 0.251 e. The molecule has 0 radical (unpaired) electrons. The first-order chi connectivity index (χ1) is 19.6. The molecule has 214 valence electrons. The predicted octanol–water partition coefficient (Wildman–Crippen LogP) is 1.16. The van der Waals surface area contributed by atoms with Crippen molar-refractivity contribution >= 4 is 23.6 Å². The Morgan fingerprint density at radius 2 is 1.56 bits per heavy atom. The van der Waals surface area contributed by atoms with Crippen molar-refractivity contribution in [3.05, 3.63) is 69.8 Å². The van der Waals surface area contributed by atoms with Crippen LogP contribution in [0, 0.1) is 17.2 Å². The second kappa shape index (κ2) is 11.0. The summed E-state index contributed by atoms with van der Waals surface area (Å²) in [5.41, 5.74) is 9.06.